The van der Waals surface area contributed by atoms with Crippen LogP contribution in [0.25, 0.3) is 0 Å². The van der Waals surface area contributed by atoms with Crippen LogP contribution in [-0.2, 0) is 14.8 Å². The number of nitrogens with one attached hydrogen (secondary N) is 1. The van der Waals surface area contributed by atoms with Gasteiger partial charge >= 0.3 is 5.97 Å². The molecule has 7 heteroatoms. The largest absolute Gasteiger partial charge is 0.481 e. The van der Waals surface area contributed by atoms with Crippen molar-refractivity contribution < 1.29 is 18.3 Å². The molecule has 0 heterocycles. The molecule has 0 aromatic rings. The van der Waals surface area contributed by atoms with E-state index in [-0.39, 0.29) is 23.3 Å². The van der Waals surface area contributed by atoms with Crippen LogP contribution in [0.15, 0.2) is 0 Å². The number of carbonyl (C=O) groups is 1. The van der Waals surface area contributed by atoms with Gasteiger partial charge in [-0.25, -0.2) is 13.1 Å². The van der Waals surface area contributed by atoms with Gasteiger partial charge in [-0.3, -0.25) is 4.79 Å². The van der Waals surface area contributed by atoms with Crippen LogP contribution in [0, 0.1) is 0 Å². The van der Waals surface area contributed by atoms with Crippen molar-refractivity contribution in [1.82, 2.24) is 4.72 Å². The second-order valence-corrected chi connectivity index (χ2v) is 7.58. The molecule has 0 spiro atoms. The highest BCUT2D eigenvalue weighted by Gasteiger charge is 2.36. The van der Waals surface area contributed by atoms with Gasteiger partial charge in [0.1, 0.15) is 0 Å². The Labute approximate surface area is 106 Å². The second kappa shape index (κ2) is 6.06. The van der Waals surface area contributed by atoms with Gasteiger partial charge in [-0.1, -0.05) is 6.42 Å². The summed E-state index contributed by atoms with van der Waals surface area (Å²) in [7, 11) is -3.32. The minimum atomic E-state index is -3.32. The van der Waals surface area contributed by atoms with Crippen molar-refractivity contribution >= 4 is 27.8 Å². The van der Waals surface area contributed by atoms with Gasteiger partial charge in [-0.05, 0) is 25.5 Å². The molecule has 17 heavy (non-hydrogen) atoms. The molecule has 0 aliphatic heterocycles. The molecule has 1 aliphatic rings. The Bertz CT molecular complexity index is 357. The molecule has 1 saturated carbocycles. The summed E-state index contributed by atoms with van der Waals surface area (Å²) in [6, 6.07) is 0. The molecule has 1 aliphatic carbocycles. The number of hydrogen-bond acceptors (Lipinski definition) is 4. The van der Waals surface area contributed by atoms with Crippen LogP contribution in [0.5, 0.6) is 0 Å². The van der Waals surface area contributed by atoms with Crippen LogP contribution in [0.2, 0.25) is 0 Å². The van der Waals surface area contributed by atoms with Crippen LogP contribution in [0.1, 0.15) is 32.1 Å². The highest BCUT2D eigenvalue weighted by molar-refractivity contribution is 8.00. The van der Waals surface area contributed by atoms with Gasteiger partial charge in [0, 0.05) is 17.7 Å². The van der Waals surface area contributed by atoms with E-state index in [4.69, 9.17) is 5.11 Å². The van der Waals surface area contributed by atoms with E-state index in [2.05, 4.69) is 4.72 Å². The van der Waals surface area contributed by atoms with E-state index in [1.807, 2.05) is 6.26 Å². The predicted molar refractivity (Wildman–Crippen MR) is 68.8 cm³/mol. The molecule has 0 saturated heterocycles. The van der Waals surface area contributed by atoms with Crippen molar-refractivity contribution in [3.63, 3.8) is 0 Å². The molecule has 2 N–H and O–H groups in total. The number of sulfonamides is 1. The lowest BCUT2D eigenvalue weighted by Crippen LogP contribution is -2.45. The maximum atomic E-state index is 11.6. The topological polar surface area (TPSA) is 83.5 Å². The lowest BCUT2D eigenvalue weighted by atomic mass is 9.84. The Morgan fingerprint density at radius 1 is 1.47 bits per heavy atom. The van der Waals surface area contributed by atoms with E-state index >= 15 is 0 Å². The normalized spacial score (nSPS) is 18.6. The SMILES string of the molecule is CSC1(CNS(=O)(=O)CCCC(=O)O)CCC1. The number of rotatable bonds is 8. The molecule has 0 bridgehead atoms. The monoisotopic (exact) mass is 281 g/mol. The lowest BCUT2D eigenvalue weighted by molar-refractivity contribution is -0.137. The third kappa shape index (κ3) is 4.85. The molecular formula is C10H19NO4S2. The predicted octanol–water partition coefficient (Wildman–Crippen LogP) is 1.06. The number of hydrogen-bond donors (Lipinski definition) is 2. The average Bonchev–Trinajstić information content (AvgIpc) is 2.15. The van der Waals surface area contributed by atoms with E-state index in [9.17, 15) is 13.2 Å². The number of thioether (sulfide) groups is 1. The molecule has 0 aromatic carbocycles. The quantitative estimate of drug-likeness (QED) is 0.695. The first-order chi connectivity index (χ1) is 7.89. The van der Waals surface area contributed by atoms with E-state index in [0.717, 1.165) is 19.3 Å². The van der Waals surface area contributed by atoms with E-state index in [1.54, 1.807) is 11.8 Å². The molecule has 0 amide bonds. The number of aliphatic carboxylic acids is 1. The molecule has 0 aromatic heterocycles. The van der Waals surface area contributed by atoms with Gasteiger partial charge in [0.05, 0.1) is 5.75 Å². The van der Waals surface area contributed by atoms with Crippen molar-refractivity contribution in [3.05, 3.63) is 0 Å². The lowest BCUT2D eigenvalue weighted by Gasteiger charge is -2.40. The highest BCUT2D eigenvalue weighted by atomic mass is 32.2. The second-order valence-electron chi connectivity index (χ2n) is 4.38. The first kappa shape index (κ1) is 14.8. The fraction of sp³-hybridized carbons (Fsp3) is 0.900. The molecule has 0 unspecified atom stereocenters. The van der Waals surface area contributed by atoms with Crippen LogP contribution in [0.3, 0.4) is 0 Å². The first-order valence-electron chi connectivity index (χ1n) is 5.63. The van der Waals surface area contributed by atoms with Gasteiger partial charge < -0.3 is 5.11 Å². The molecule has 5 nitrogen and oxygen atoms in total. The number of carboxylic acid groups (broad SMARTS) is 1. The van der Waals surface area contributed by atoms with Gasteiger partial charge in [-0.15, -0.1) is 0 Å². The molecule has 0 radical (unpaired) electrons. The van der Waals surface area contributed by atoms with Crippen molar-refractivity contribution in [1.29, 1.82) is 0 Å². The Morgan fingerprint density at radius 2 is 2.12 bits per heavy atom. The summed E-state index contributed by atoms with van der Waals surface area (Å²) in [5.41, 5.74) is 0. The summed E-state index contributed by atoms with van der Waals surface area (Å²) in [5, 5.41) is 8.44. The zero-order valence-corrected chi connectivity index (χ0v) is 11.6. The zero-order chi connectivity index (χ0) is 12.9. The molecule has 100 valence electrons. The van der Waals surface area contributed by atoms with E-state index in [0.29, 0.717) is 6.54 Å². The minimum absolute atomic E-state index is 0.0693. The third-order valence-electron chi connectivity index (χ3n) is 3.12. The number of carboxylic acids is 1. The minimum Gasteiger partial charge on any atom is -0.481 e. The van der Waals surface area contributed by atoms with Crippen molar-refractivity contribution in [2.45, 2.75) is 36.9 Å². The Morgan fingerprint density at radius 3 is 2.53 bits per heavy atom. The fourth-order valence-corrected chi connectivity index (χ4v) is 3.92. The maximum absolute atomic E-state index is 11.6. The highest BCUT2D eigenvalue weighted by Crippen LogP contribution is 2.42. The summed E-state index contributed by atoms with van der Waals surface area (Å²) in [4.78, 5) is 10.3. The summed E-state index contributed by atoms with van der Waals surface area (Å²) in [6.07, 6.45) is 5.31. The molecular weight excluding hydrogens is 262 g/mol. The van der Waals surface area contributed by atoms with Gasteiger partial charge in [0.15, 0.2) is 0 Å². The van der Waals surface area contributed by atoms with E-state index in [1.165, 1.54) is 0 Å². The zero-order valence-electron chi connectivity index (χ0n) is 9.94. The fourth-order valence-electron chi connectivity index (χ4n) is 1.75. The van der Waals surface area contributed by atoms with Crippen LogP contribution in [-0.4, -0.2) is 42.8 Å². The third-order valence-corrected chi connectivity index (χ3v) is 5.94. The first-order valence-corrected chi connectivity index (χ1v) is 8.51. The Hall–Kier alpha value is -0.270. The summed E-state index contributed by atoms with van der Waals surface area (Å²) >= 11 is 1.71. The summed E-state index contributed by atoms with van der Waals surface area (Å²) < 4.78 is 25.9. The maximum Gasteiger partial charge on any atom is 0.303 e. The Balaban J connectivity index is 2.31. The van der Waals surface area contributed by atoms with Crippen molar-refractivity contribution in [3.8, 4) is 0 Å². The van der Waals surface area contributed by atoms with Crippen LogP contribution < -0.4 is 4.72 Å². The molecule has 1 rings (SSSR count). The van der Waals surface area contributed by atoms with Gasteiger partial charge in [0.25, 0.3) is 0 Å². The smallest absolute Gasteiger partial charge is 0.303 e. The van der Waals surface area contributed by atoms with Crippen molar-refractivity contribution in [2.24, 2.45) is 0 Å². The standard InChI is InChI=1S/C10H19NO4S2/c1-16-10(5-3-6-10)8-11-17(14,15)7-2-4-9(12)13/h11H,2-8H2,1H3,(H,12,13). The summed E-state index contributed by atoms with van der Waals surface area (Å²) in [5.74, 6) is -1.07. The van der Waals surface area contributed by atoms with Gasteiger partial charge in [-0.2, -0.15) is 11.8 Å². The van der Waals surface area contributed by atoms with E-state index < -0.39 is 16.0 Å². The van der Waals surface area contributed by atoms with Crippen LogP contribution >= 0.6 is 11.8 Å². The Kier molecular flexibility index (Phi) is 5.27. The van der Waals surface area contributed by atoms with Crippen molar-refractivity contribution in [2.75, 3.05) is 18.6 Å². The molecule has 0 atom stereocenters. The van der Waals surface area contributed by atoms with Gasteiger partial charge in [0.2, 0.25) is 10.0 Å². The van der Waals surface area contributed by atoms with Crippen LogP contribution in [0.4, 0.5) is 0 Å². The molecule has 1 fully saturated rings. The summed E-state index contributed by atoms with van der Waals surface area (Å²) in [6.45, 7) is 0.462. The average molecular weight is 281 g/mol.